The van der Waals surface area contributed by atoms with E-state index in [4.69, 9.17) is 0 Å². The summed E-state index contributed by atoms with van der Waals surface area (Å²) in [4.78, 5) is 83.7. The number of piperidine rings is 1. The SMILES string of the molecule is CC(C)(C)Nc1cccc2c1C(=O)N(C1CCC(=O)NC1=O)C2=O.Cc1ncsc1-c1ccc(CCC(=O)[C@@H]2C[C@@H](O)CN2C(=O)[C@@H](NC(C)(C)C)C(C)(C)C)cc1. The Bertz CT molecular complexity index is 2060. The molecule has 1 aromatic heterocycles. The van der Waals surface area contributed by atoms with Crippen LogP contribution in [0.3, 0.4) is 0 Å². The fourth-order valence-electron chi connectivity index (χ4n) is 7.47. The number of Topliss-reactive ketones (excluding diaryl/α,β-unsaturated/α-hetero) is 1. The lowest BCUT2D eigenvalue weighted by Gasteiger charge is -2.39. The summed E-state index contributed by atoms with van der Waals surface area (Å²) < 4.78 is 0. The van der Waals surface area contributed by atoms with Gasteiger partial charge in [0.05, 0.1) is 45.4 Å². The number of β-amino-alcohol motifs (C(OH)–C–C–N with tert-alkyl or cyclic N) is 1. The molecule has 3 aliphatic heterocycles. The van der Waals surface area contributed by atoms with Gasteiger partial charge in [0, 0.05) is 42.6 Å². The molecule has 4 heterocycles. The standard InChI is InChI=1S/C27H39N3O3S.C17H19N3O4/c1-17-23(34-16-28-17)19-11-8-18(9-12-19)10-13-22(32)21-14-20(31)15-30(21)25(33)24(26(2,3)4)29-27(5,6)7;1-17(2,3)19-10-6-4-5-9-13(10)16(24)20(15(9)23)11-7-8-12(21)18-14(11)22/h8-9,11-12,16,20-21,24,29,31H,10,13-15H2,1-7H3;4-6,11,19H,7-8H2,1-3H3,(H,18,21,22)/t20-,21+,24-;/m1./s1. The van der Waals surface area contributed by atoms with Gasteiger partial charge in [0.25, 0.3) is 11.8 Å². The second kappa shape index (κ2) is 17.2. The lowest BCUT2D eigenvalue weighted by atomic mass is 9.84. The first-order valence-electron chi connectivity index (χ1n) is 19.9. The van der Waals surface area contributed by atoms with E-state index in [0.717, 1.165) is 26.6 Å². The molecular weight excluding hydrogens is 757 g/mol. The average Bonchev–Trinajstić information content (AvgIpc) is 3.80. The number of imide groups is 2. The monoisotopic (exact) mass is 814 g/mol. The number of carbonyl (C=O) groups excluding carboxylic acids is 6. The van der Waals surface area contributed by atoms with Crippen molar-refractivity contribution >= 4 is 52.3 Å². The van der Waals surface area contributed by atoms with Gasteiger partial charge < -0.3 is 20.6 Å². The van der Waals surface area contributed by atoms with Crippen molar-refractivity contribution in [2.75, 3.05) is 11.9 Å². The van der Waals surface area contributed by atoms with Crippen molar-refractivity contribution in [3.05, 3.63) is 70.4 Å². The van der Waals surface area contributed by atoms with Crippen LogP contribution in [-0.4, -0.2) is 97.1 Å². The molecule has 13 nitrogen and oxygen atoms in total. The molecular formula is C44H58N6O7S. The first-order chi connectivity index (χ1) is 26.9. The summed E-state index contributed by atoms with van der Waals surface area (Å²) >= 11 is 1.62. The number of aryl methyl sites for hydroxylation is 2. The Kier molecular flexibility index (Phi) is 13.1. The maximum absolute atomic E-state index is 13.6. The van der Waals surface area contributed by atoms with Gasteiger partial charge in [-0.25, -0.2) is 4.98 Å². The van der Waals surface area contributed by atoms with Gasteiger partial charge in [-0.3, -0.25) is 39.0 Å². The van der Waals surface area contributed by atoms with Gasteiger partial charge in [-0.15, -0.1) is 11.3 Å². The topological polar surface area (TPSA) is 178 Å². The maximum atomic E-state index is 13.6. The lowest BCUT2D eigenvalue weighted by Crippen LogP contribution is -2.59. The number of aliphatic hydroxyl groups is 1. The number of anilines is 1. The minimum absolute atomic E-state index is 0.00990. The number of carbonyl (C=O) groups is 6. The number of benzene rings is 2. The maximum Gasteiger partial charge on any atom is 0.264 e. The highest BCUT2D eigenvalue weighted by Crippen LogP contribution is 2.34. The van der Waals surface area contributed by atoms with Crippen LogP contribution in [0.4, 0.5) is 5.69 Å². The van der Waals surface area contributed by atoms with E-state index in [1.807, 2.05) is 74.7 Å². The molecule has 0 saturated carbocycles. The van der Waals surface area contributed by atoms with Crippen LogP contribution >= 0.6 is 11.3 Å². The highest BCUT2D eigenvalue weighted by Gasteiger charge is 2.46. The van der Waals surface area contributed by atoms with E-state index >= 15 is 0 Å². The fraction of sp³-hybridized carbons (Fsp3) is 0.523. The average molecular weight is 815 g/mol. The van der Waals surface area contributed by atoms with Gasteiger partial charge in [-0.05, 0) is 90.0 Å². The number of fused-ring (bicyclic) bond motifs is 1. The second-order valence-electron chi connectivity index (χ2n) is 18.6. The first-order valence-corrected chi connectivity index (χ1v) is 20.7. The van der Waals surface area contributed by atoms with Crippen LogP contribution in [0.5, 0.6) is 0 Å². The number of ketones is 1. The molecule has 4 atom stereocenters. The Hall–Kier alpha value is -4.79. The molecule has 0 aliphatic carbocycles. The molecule has 0 bridgehead atoms. The molecule has 312 valence electrons. The predicted molar refractivity (Wildman–Crippen MR) is 224 cm³/mol. The van der Waals surface area contributed by atoms with Gasteiger partial charge in [0.2, 0.25) is 17.7 Å². The van der Waals surface area contributed by atoms with Crippen molar-refractivity contribution < 1.29 is 33.9 Å². The van der Waals surface area contributed by atoms with Crippen molar-refractivity contribution in [1.82, 2.24) is 25.4 Å². The lowest BCUT2D eigenvalue weighted by molar-refractivity contribution is -0.142. The van der Waals surface area contributed by atoms with Gasteiger partial charge in [0.1, 0.15) is 6.04 Å². The van der Waals surface area contributed by atoms with E-state index in [0.29, 0.717) is 24.9 Å². The molecule has 2 fully saturated rings. The summed E-state index contributed by atoms with van der Waals surface area (Å²) in [5, 5.41) is 19.2. The van der Waals surface area contributed by atoms with E-state index in [-0.39, 0.29) is 64.6 Å². The number of aliphatic hydroxyl groups excluding tert-OH is 1. The van der Waals surface area contributed by atoms with Crippen LogP contribution in [0.1, 0.15) is 120 Å². The Morgan fingerprint density at radius 3 is 2.19 bits per heavy atom. The van der Waals surface area contributed by atoms with Gasteiger partial charge in [-0.2, -0.15) is 0 Å². The Morgan fingerprint density at radius 1 is 0.948 bits per heavy atom. The zero-order chi connectivity index (χ0) is 42.9. The first kappa shape index (κ1) is 44.3. The van der Waals surface area contributed by atoms with Gasteiger partial charge in [0.15, 0.2) is 5.78 Å². The third kappa shape index (κ3) is 10.4. The highest BCUT2D eigenvalue weighted by molar-refractivity contribution is 7.13. The molecule has 0 spiro atoms. The molecule has 5 amide bonds. The van der Waals surface area contributed by atoms with E-state index in [1.165, 1.54) is 0 Å². The highest BCUT2D eigenvalue weighted by atomic mass is 32.1. The van der Waals surface area contributed by atoms with E-state index in [9.17, 15) is 33.9 Å². The number of nitrogens with zero attached hydrogens (tertiary/aromatic N) is 3. The summed E-state index contributed by atoms with van der Waals surface area (Å²) in [5.41, 5.74) is 5.32. The number of nitrogens with one attached hydrogen (secondary N) is 3. The van der Waals surface area contributed by atoms with Gasteiger partial charge in [-0.1, -0.05) is 51.1 Å². The fourth-order valence-corrected chi connectivity index (χ4v) is 8.28. The molecule has 3 aromatic rings. The zero-order valence-corrected chi connectivity index (χ0v) is 36.1. The van der Waals surface area contributed by atoms with Crippen LogP contribution < -0.4 is 16.0 Å². The van der Waals surface area contributed by atoms with Crippen LogP contribution in [0.25, 0.3) is 10.4 Å². The minimum Gasteiger partial charge on any atom is -0.391 e. The third-order valence-corrected chi connectivity index (χ3v) is 11.2. The summed E-state index contributed by atoms with van der Waals surface area (Å²) in [5.74, 6) is -2.09. The second-order valence-corrected chi connectivity index (χ2v) is 19.4. The van der Waals surface area contributed by atoms with Crippen LogP contribution in [0.15, 0.2) is 48.0 Å². The number of thiazole rings is 1. The quantitative estimate of drug-likeness (QED) is 0.197. The number of hydrogen-bond acceptors (Lipinski definition) is 11. The molecule has 14 heteroatoms. The smallest absolute Gasteiger partial charge is 0.264 e. The van der Waals surface area contributed by atoms with E-state index < -0.39 is 42.0 Å². The van der Waals surface area contributed by atoms with Crippen molar-refractivity contribution in [3.63, 3.8) is 0 Å². The molecule has 4 N–H and O–H groups in total. The zero-order valence-electron chi connectivity index (χ0n) is 35.3. The van der Waals surface area contributed by atoms with Crippen molar-refractivity contribution in [3.8, 4) is 10.4 Å². The summed E-state index contributed by atoms with van der Waals surface area (Å²) in [7, 11) is 0. The molecule has 1 unspecified atom stereocenters. The number of hydrogen-bond donors (Lipinski definition) is 4. The molecule has 0 radical (unpaired) electrons. The van der Waals surface area contributed by atoms with Crippen LogP contribution in [0.2, 0.25) is 0 Å². The molecule has 2 aromatic carbocycles. The number of aromatic nitrogens is 1. The van der Waals surface area contributed by atoms with E-state index in [2.05, 4.69) is 45.2 Å². The van der Waals surface area contributed by atoms with E-state index in [1.54, 1.807) is 34.4 Å². The normalized spacial score (nSPS) is 20.4. The molecule has 58 heavy (non-hydrogen) atoms. The molecule has 6 rings (SSSR count). The number of likely N-dealkylation sites (tertiary alicyclic amines) is 1. The largest absolute Gasteiger partial charge is 0.391 e. The Morgan fingerprint density at radius 2 is 1.62 bits per heavy atom. The van der Waals surface area contributed by atoms with Gasteiger partial charge >= 0.3 is 0 Å². The Balaban J connectivity index is 0.000000234. The summed E-state index contributed by atoms with van der Waals surface area (Å²) in [6, 6.07) is 11.3. The third-order valence-electron chi connectivity index (χ3n) is 10.2. The molecule has 3 aliphatic rings. The van der Waals surface area contributed by atoms with Crippen LogP contribution in [-0.2, 0) is 25.6 Å². The van der Waals surface area contributed by atoms with Crippen LogP contribution in [0, 0.1) is 12.3 Å². The summed E-state index contributed by atoms with van der Waals surface area (Å²) in [6.45, 7) is 20.2. The predicted octanol–water partition coefficient (Wildman–Crippen LogP) is 5.68. The molecule has 2 saturated heterocycles. The van der Waals surface area contributed by atoms with Crippen molar-refractivity contribution in [2.24, 2.45) is 5.41 Å². The number of amides is 5. The Labute approximate surface area is 345 Å². The van der Waals surface area contributed by atoms with Crippen molar-refractivity contribution in [1.29, 1.82) is 0 Å². The number of rotatable bonds is 9. The summed E-state index contributed by atoms with van der Waals surface area (Å²) in [6.07, 6.45) is 0.844. The van der Waals surface area contributed by atoms with Crippen molar-refractivity contribution in [2.45, 2.75) is 137 Å². The minimum atomic E-state index is -0.947.